The Morgan fingerprint density at radius 1 is 1.17 bits per heavy atom. The Morgan fingerprint density at radius 2 is 1.83 bits per heavy atom. The number of hydrogen-bond acceptors (Lipinski definition) is 4. The van der Waals surface area contributed by atoms with Gasteiger partial charge >= 0.3 is 0 Å². The molecule has 3 rings (SSSR count). The smallest absolute Gasteiger partial charge is 0.289 e. The molecule has 1 atom stereocenters. The number of aliphatic imine (C=N–C) groups is 1. The number of ether oxygens (including phenoxy) is 1. The van der Waals surface area contributed by atoms with Gasteiger partial charge in [0.25, 0.3) is 5.91 Å². The third-order valence-electron chi connectivity index (χ3n) is 4.79. The van der Waals surface area contributed by atoms with Crippen LogP contribution in [-0.2, 0) is 0 Å². The molecule has 164 valence electrons. The fourth-order valence-electron chi connectivity index (χ4n) is 3.20. The average molecular weight is 526 g/mol. The molecule has 1 aliphatic heterocycles. The third-order valence-corrected chi connectivity index (χ3v) is 4.79. The Balaban J connectivity index is 0.00000320. The highest BCUT2D eigenvalue weighted by Crippen LogP contribution is 2.14. The van der Waals surface area contributed by atoms with Crippen molar-refractivity contribution in [2.24, 2.45) is 4.99 Å². The maximum atomic E-state index is 12.4. The second-order valence-electron chi connectivity index (χ2n) is 7.19. The Bertz CT molecular complexity index is 800. The van der Waals surface area contributed by atoms with E-state index < -0.39 is 0 Å². The first-order valence-electron chi connectivity index (χ1n) is 10.2. The monoisotopic (exact) mass is 526 g/mol. The fourth-order valence-corrected chi connectivity index (χ4v) is 3.20. The number of piperazine rings is 1. The molecule has 1 aliphatic rings. The van der Waals surface area contributed by atoms with Gasteiger partial charge in [-0.05, 0) is 45.0 Å². The molecule has 1 amide bonds. The molecular formula is C22H31IN4O3. The molecule has 0 saturated carbocycles. The van der Waals surface area contributed by atoms with E-state index in [1.807, 2.05) is 36.1 Å². The fraction of sp³-hybridized carbons (Fsp3) is 0.455. The van der Waals surface area contributed by atoms with Gasteiger partial charge in [0.15, 0.2) is 11.7 Å². The second kappa shape index (κ2) is 11.8. The van der Waals surface area contributed by atoms with Crippen LogP contribution in [0.5, 0.6) is 5.75 Å². The van der Waals surface area contributed by atoms with Crippen LogP contribution in [0.25, 0.3) is 0 Å². The Labute approximate surface area is 195 Å². The van der Waals surface area contributed by atoms with E-state index >= 15 is 0 Å². The number of nitrogens with zero attached hydrogens (tertiary/aromatic N) is 3. The number of carbonyl (C=O) groups is 1. The summed E-state index contributed by atoms with van der Waals surface area (Å²) in [5.41, 5.74) is 1.21. The summed E-state index contributed by atoms with van der Waals surface area (Å²) < 4.78 is 11.2. The minimum absolute atomic E-state index is 0. The van der Waals surface area contributed by atoms with Crippen LogP contribution in [0.4, 0.5) is 0 Å². The Kier molecular flexibility index (Phi) is 9.48. The van der Waals surface area contributed by atoms with Crippen LogP contribution in [0.1, 0.15) is 30.0 Å². The van der Waals surface area contributed by atoms with E-state index in [2.05, 4.69) is 24.1 Å². The molecule has 2 aromatic rings. The molecule has 8 heteroatoms. The van der Waals surface area contributed by atoms with Crippen molar-refractivity contribution in [1.82, 2.24) is 15.1 Å². The molecule has 0 bridgehead atoms. The van der Waals surface area contributed by atoms with Gasteiger partial charge in [-0.3, -0.25) is 4.79 Å². The molecule has 1 aromatic heterocycles. The number of halogens is 1. The summed E-state index contributed by atoms with van der Waals surface area (Å²) in [6.45, 7) is 10.2. The molecule has 1 N–H and O–H groups in total. The quantitative estimate of drug-likeness (QED) is 0.355. The van der Waals surface area contributed by atoms with Crippen molar-refractivity contribution in [1.29, 1.82) is 0 Å². The van der Waals surface area contributed by atoms with Gasteiger partial charge in [-0.15, -0.1) is 24.0 Å². The molecule has 1 unspecified atom stereocenters. The van der Waals surface area contributed by atoms with Crippen molar-refractivity contribution in [2.45, 2.75) is 26.9 Å². The number of aryl methyl sites for hydroxylation is 1. The number of amides is 1. The third kappa shape index (κ3) is 6.65. The van der Waals surface area contributed by atoms with Crippen molar-refractivity contribution in [3.05, 3.63) is 54.0 Å². The number of benzene rings is 1. The first kappa shape index (κ1) is 24.0. The first-order valence-corrected chi connectivity index (χ1v) is 10.2. The van der Waals surface area contributed by atoms with Crippen LogP contribution in [-0.4, -0.2) is 67.0 Å². The Hall–Kier alpha value is -2.23. The summed E-state index contributed by atoms with van der Waals surface area (Å²) in [5.74, 6) is 2.04. The number of furan rings is 1. The molecule has 1 aromatic carbocycles. The van der Waals surface area contributed by atoms with Gasteiger partial charge in [0.2, 0.25) is 0 Å². The highest BCUT2D eigenvalue weighted by Gasteiger charge is 2.25. The molecule has 30 heavy (non-hydrogen) atoms. The minimum atomic E-state index is -0.0586. The summed E-state index contributed by atoms with van der Waals surface area (Å²) in [6, 6.07) is 11.5. The van der Waals surface area contributed by atoms with Gasteiger partial charge in [-0.1, -0.05) is 17.7 Å². The van der Waals surface area contributed by atoms with Crippen LogP contribution in [0.2, 0.25) is 0 Å². The van der Waals surface area contributed by atoms with E-state index in [4.69, 9.17) is 14.1 Å². The predicted octanol–water partition coefficient (Wildman–Crippen LogP) is 3.40. The zero-order valence-corrected chi connectivity index (χ0v) is 20.2. The number of rotatable bonds is 6. The van der Waals surface area contributed by atoms with E-state index in [-0.39, 0.29) is 36.0 Å². The summed E-state index contributed by atoms with van der Waals surface area (Å²) in [4.78, 5) is 21.2. The van der Waals surface area contributed by atoms with Crippen molar-refractivity contribution < 1.29 is 13.9 Å². The topological polar surface area (TPSA) is 70.3 Å². The Morgan fingerprint density at radius 3 is 2.43 bits per heavy atom. The zero-order chi connectivity index (χ0) is 20.6. The number of hydrogen-bond donors (Lipinski definition) is 1. The summed E-state index contributed by atoms with van der Waals surface area (Å²) in [7, 11) is 0. The number of nitrogens with one attached hydrogen (secondary N) is 1. The highest BCUT2D eigenvalue weighted by atomic mass is 127. The molecule has 1 fully saturated rings. The molecule has 2 heterocycles. The normalized spacial score (nSPS) is 15.4. The maximum Gasteiger partial charge on any atom is 0.289 e. The van der Waals surface area contributed by atoms with Crippen LogP contribution >= 0.6 is 24.0 Å². The first-order chi connectivity index (χ1) is 14.1. The lowest BCUT2D eigenvalue weighted by molar-refractivity contribution is 0.0657. The van der Waals surface area contributed by atoms with E-state index in [0.29, 0.717) is 25.4 Å². The zero-order valence-electron chi connectivity index (χ0n) is 17.8. The van der Waals surface area contributed by atoms with Crippen LogP contribution in [0, 0.1) is 6.92 Å². The lowest BCUT2D eigenvalue weighted by Gasteiger charge is -2.36. The largest absolute Gasteiger partial charge is 0.489 e. The summed E-state index contributed by atoms with van der Waals surface area (Å²) in [6.07, 6.45) is 1.49. The maximum absolute atomic E-state index is 12.4. The summed E-state index contributed by atoms with van der Waals surface area (Å²) >= 11 is 0. The van der Waals surface area contributed by atoms with Gasteiger partial charge in [0, 0.05) is 32.7 Å². The SMILES string of the molecule is CCNC(=NCC(C)Oc1ccc(C)cc1)N1CCN(C(=O)c2ccco2)CC1.I. The van der Waals surface area contributed by atoms with Crippen molar-refractivity contribution in [2.75, 3.05) is 39.3 Å². The average Bonchev–Trinajstić information content (AvgIpc) is 3.27. The molecule has 7 nitrogen and oxygen atoms in total. The van der Waals surface area contributed by atoms with Crippen LogP contribution < -0.4 is 10.1 Å². The van der Waals surface area contributed by atoms with Crippen molar-refractivity contribution >= 4 is 35.8 Å². The molecule has 0 spiro atoms. The number of guanidine groups is 1. The van der Waals surface area contributed by atoms with Crippen molar-refractivity contribution in [3.63, 3.8) is 0 Å². The van der Waals surface area contributed by atoms with E-state index in [9.17, 15) is 4.79 Å². The standard InChI is InChI=1S/C22H30N4O3.HI/c1-4-23-22(24-16-18(3)29-19-9-7-17(2)8-10-19)26-13-11-25(12-14-26)21(27)20-6-5-15-28-20;/h5-10,15,18H,4,11-14,16H2,1-3H3,(H,23,24);1H. The predicted molar refractivity (Wildman–Crippen MR) is 129 cm³/mol. The van der Waals surface area contributed by atoms with Gasteiger partial charge in [0.1, 0.15) is 11.9 Å². The van der Waals surface area contributed by atoms with Crippen molar-refractivity contribution in [3.8, 4) is 5.75 Å². The lowest BCUT2D eigenvalue weighted by atomic mass is 10.2. The number of carbonyl (C=O) groups excluding carboxylic acids is 1. The van der Waals surface area contributed by atoms with Gasteiger partial charge in [-0.25, -0.2) is 4.99 Å². The molecular weight excluding hydrogens is 495 g/mol. The minimum Gasteiger partial charge on any atom is -0.489 e. The summed E-state index contributed by atoms with van der Waals surface area (Å²) in [5, 5.41) is 3.35. The second-order valence-corrected chi connectivity index (χ2v) is 7.19. The van der Waals surface area contributed by atoms with Gasteiger partial charge < -0.3 is 24.3 Å². The highest BCUT2D eigenvalue weighted by molar-refractivity contribution is 14.0. The van der Waals surface area contributed by atoms with Gasteiger partial charge in [0.05, 0.1) is 12.8 Å². The van der Waals surface area contributed by atoms with Crippen LogP contribution in [0.15, 0.2) is 52.1 Å². The molecule has 0 radical (unpaired) electrons. The molecule has 0 aliphatic carbocycles. The van der Waals surface area contributed by atoms with E-state index in [1.54, 1.807) is 12.1 Å². The van der Waals surface area contributed by atoms with Gasteiger partial charge in [-0.2, -0.15) is 0 Å². The lowest BCUT2D eigenvalue weighted by Crippen LogP contribution is -2.53. The van der Waals surface area contributed by atoms with E-state index in [0.717, 1.165) is 31.3 Å². The molecule has 1 saturated heterocycles. The van der Waals surface area contributed by atoms with E-state index in [1.165, 1.54) is 11.8 Å². The van der Waals surface area contributed by atoms with Crippen LogP contribution in [0.3, 0.4) is 0 Å².